The van der Waals surface area contributed by atoms with E-state index in [1.165, 1.54) is 13.8 Å². The van der Waals surface area contributed by atoms with Gasteiger partial charge in [0, 0.05) is 10.7 Å². The number of amides is 1. The van der Waals surface area contributed by atoms with Crippen LogP contribution in [0.15, 0.2) is 18.2 Å². The van der Waals surface area contributed by atoms with Gasteiger partial charge in [-0.05, 0) is 37.6 Å². The maximum atomic E-state index is 11.9. The van der Waals surface area contributed by atoms with Crippen molar-refractivity contribution in [3.05, 3.63) is 28.8 Å². The number of benzene rings is 1. The summed E-state index contributed by atoms with van der Waals surface area (Å²) in [7, 11) is -3.59. The Morgan fingerprint density at radius 2 is 2.00 bits per heavy atom. The van der Waals surface area contributed by atoms with E-state index >= 15 is 0 Å². The summed E-state index contributed by atoms with van der Waals surface area (Å²) in [6, 6.07) is 4.76. The first-order valence-electron chi connectivity index (χ1n) is 5.28. The van der Waals surface area contributed by atoms with Gasteiger partial charge in [0.25, 0.3) is 15.9 Å². The van der Waals surface area contributed by atoms with Crippen molar-refractivity contribution in [2.24, 2.45) is 0 Å². The molecule has 1 aromatic rings. The van der Waals surface area contributed by atoms with Crippen LogP contribution in [0.5, 0.6) is 0 Å². The zero-order chi connectivity index (χ0) is 13.7. The normalized spacial score (nSPS) is 20.6. The zero-order valence-corrected chi connectivity index (χ0v) is 11.5. The van der Waals surface area contributed by atoms with Crippen molar-refractivity contribution >= 4 is 33.2 Å². The molecule has 2 N–H and O–H groups in total. The molecule has 0 unspecified atom stereocenters. The molecule has 98 valence electrons. The molecule has 1 aliphatic rings. The van der Waals surface area contributed by atoms with Crippen molar-refractivity contribution in [3.8, 4) is 0 Å². The molecule has 1 fully saturated rings. The molecule has 7 heteroatoms. The zero-order valence-electron chi connectivity index (χ0n) is 9.97. The van der Waals surface area contributed by atoms with E-state index in [0.717, 1.165) is 4.31 Å². The Bertz CT molecular complexity index is 625. The maximum absolute atomic E-state index is 11.9. The standard InChI is InChI=1S/C11H13ClN2O3S/c1-11(2)10(15)14(18(11,16)17)6-7-5-8(13)3-4-9(7)12/h3-5H,6,13H2,1-2H3. The smallest absolute Gasteiger partial charge is 0.259 e. The summed E-state index contributed by atoms with van der Waals surface area (Å²) in [5, 5.41) is 0.386. The second kappa shape index (κ2) is 3.86. The van der Waals surface area contributed by atoms with Crippen molar-refractivity contribution in [2.45, 2.75) is 25.1 Å². The first-order valence-corrected chi connectivity index (χ1v) is 7.10. The van der Waals surface area contributed by atoms with Crippen LogP contribution in [0.2, 0.25) is 5.02 Å². The minimum Gasteiger partial charge on any atom is -0.399 e. The summed E-state index contributed by atoms with van der Waals surface area (Å²) in [5.41, 5.74) is 6.60. The quantitative estimate of drug-likeness (QED) is 0.834. The van der Waals surface area contributed by atoms with Gasteiger partial charge >= 0.3 is 0 Å². The van der Waals surface area contributed by atoms with Crippen LogP contribution in [0.1, 0.15) is 19.4 Å². The Morgan fingerprint density at radius 3 is 2.56 bits per heavy atom. The van der Waals surface area contributed by atoms with Crippen molar-refractivity contribution in [1.29, 1.82) is 0 Å². The predicted molar refractivity (Wildman–Crippen MR) is 69.4 cm³/mol. The second-order valence-corrected chi connectivity index (χ2v) is 7.50. The Hall–Kier alpha value is -1.27. The summed E-state index contributed by atoms with van der Waals surface area (Å²) in [4.78, 5) is 11.8. The number of hydrogen-bond donors (Lipinski definition) is 1. The van der Waals surface area contributed by atoms with Crippen LogP contribution >= 0.6 is 11.6 Å². The Balaban J connectivity index is 2.32. The molecular weight excluding hydrogens is 276 g/mol. The number of halogens is 1. The van der Waals surface area contributed by atoms with Gasteiger partial charge in [-0.2, -0.15) is 0 Å². The van der Waals surface area contributed by atoms with E-state index in [4.69, 9.17) is 17.3 Å². The lowest BCUT2D eigenvalue weighted by Gasteiger charge is -2.43. The molecule has 1 amide bonds. The van der Waals surface area contributed by atoms with Gasteiger partial charge in [-0.1, -0.05) is 11.6 Å². The number of rotatable bonds is 2. The lowest BCUT2D eigenvalue weighted by atomic mass is 10.1. The van der Waals surface area contributed by atoms with Gasteiger partial charge in [0.1, 0.15) is 0 Å². The molecule has 0 aliphatic carbocycles. The van der Waals surface area contributed by atoms with Crippen LogP contribution in [-0.2, 0) is 21.4 Å². The van der Waals surface area contributed by atoms with Crippen LogP contribution in [0.3, 0.4) is 0 Å². The molecule has 0 bridgehead atoms. The summed E-state index contributed by atoms with van der Waals surface area (Å²) >= 11 is 5.94. The van der Waals surface area contributed by atoms with E-state index in [-0.39, 0.29) is 6.54 Å². The van der Waals surface area contributed by atoms with Gasteiger partial charge < -0.3 is 5.73 Å². The molecule has 2 rings (SSSR count). The molecular formula is C11H13ClN2O3S. The first kappa shape index (κ1) is 13.2. The van der Waals surface area contributed by atoms with Crippen LogP contribution < -0.4 is 5.73 Å². The van der Waals surface area contributed by atoms with Crippen molar-refractivity contribution in [3.63, 3.8) is 0 Å². The van der Waals surface area contributed by atoms with E-state index in [9.17, 15) is 13.2 Å². The van der Waals surface area contributed by atoms with Crippen LogP contribution in [0, 0.1) is 0 Å². The van der Waals surface area contributed by atoms with Crippen LogP contribution in [0.4, 0.5) is 5.69 Å². The minimum atomic E-state index is -3.59. The number of nitrogen functional groups attached to an aromatic ring is 1. The average molecular weight is 289 g/mol. The van der Waals surface area contributed by atoms with Crippen LogP contribution in [0.25, 0.3) is 0 Å². The van der Waals surface area contributed by atoms with Gasteiger partial charge in [-0.15, -0.1) is 0 Å². The number of carbonyl (C=O) groups excluding carboxylic acids is 1. The molecule has 1 aromatic carbocycles. The fourth-order valence-electron chi connectivity index (χ4n) is 1.78. The van der Waals surface area contributed by atoms with Gasteiger partial charge in [0.2, 0.25) is 0 Å². The molecule has 5 nitrogen and oxygen atoms in total. The molecule has 1 aliphatic heterocycles. The molecule has 0 radical (unpaired) electrons. The molecule has 0 saturated carbocycles. The summed E-state index contributed by atoms with van der Waals surface area (Å²) in [6.45, 7) is 2.71. The lowest BCUT2D eigenvalue weighted by molar-refractivity contribution is -0.132. The molecule has 1 heterocycles. The lowest BCUT2D eigenvalue weighted by Crippen LogP contribution is -2.66. The Kier molecular flexibility index (Phi) is 2.82. The maximum Gasteiger partial charge on any atom is 0.259 e. The van der Waals surface area contributed by atoms with Gasteiger partial charge in [0.15, 0.2) is 4.75 Å². The van der Waals surface area contributed by atoms with E-state index in [0.29, 0.717) is 16.3 Å². The summed E-state index contributed by atoms with van der Waals surface area (Å²) < 4.78 is 23.3. The highest BCUT2D eigenvalue weighted by molar-refractivity contribution is 7.94. The monoisotopic (exact) mass is 288 g/mol. The second-order valence-electron chi connectivity index (χ2n) is 4.68. The highest BCUT2D eigenvalue weighted by Gasteiger charge is 2.59. The molecule has 0 spiro atoms. The van der Waals surface area contributed by atoms with Crippen molar-refractivity contribution in [2.75, 3.05) is 5.73 Å². The predicted octanol–water partition coefficient (Wildman–Crippen LogP) is 1.37. The first-order chi connectivity index (χ1) is 8.18. The van der Waals surface area contributed by atoms with Gasteiger partial charge in [-0.3, -0.25) is 4.79 Å². The van der Waals surface area contributed by atoms with Gasteiger partial charge in [0.05, 0.1) is 6.54 Å². The average Bonchev–Trinajstić information content (AvgIpc) is 2.28. The van der Waals surface area contributed by atoms with Crippen LogP contribution in [-0.4, -0.2) is 23.4 Å². The van der Waals surface area contributed by atoms with E-state index in [1.54, 1.807) is 18.2 Å². The topological polar surface area (TPSA) is 80.5 Å². The molecule has 18 heavy (non-hydrogen) atoms. The van der Waals surface area contributed by atoms with Crippen molar-refractivity contribution in [1.82, 2.24) is 4.31 Å². The number of nitrogens with zero attached hydrogens (tertiary/aromatic N) is 1. The van der Waals surface area contributed by atoms with E-state index in [1.807, 2.05) is 0 Å². The highest BCUT2D eigenvalue weighted by Crippen LogP contribution is 2.37. The summed E-state index contributed by atoms with van der Waals surface area (Å²) in [5.74, 6) is -0.430. The van der Waals surface area contributed by atoms with E-state index < -0.39 is 20.7 Å². The number of nitrogens with two attached hydrogens (primary N) is 1. The fourth-order valence-corrected chi connectivity index (χ4v) is 3.47. The molecule has 0 aromatic heterocycles. The number of sulfonamides is 1. The third kappa shape index (κ3) is 1.67. The SMILES string of the molecule is CC1(C)C(=O)N(Cc2cc(N)ccc2Cl)S1(=O)=O. The Labute approximate surface area is 111 Å². The highest BCUT2D eigenvalue weighted by atomic mass is 35.5. The van der Waals surface area contributed by atoms with E-state index in [2.05, 4.69) is 0 Å². The molecule has 1 saturated heterocycles. The van der Waals surface area contributed by atoms with Gasteiger partial charge in [-0.25, -0.2) is 12.7 Å². The molecule has 0 atom stereocenters. The fraction of sp³-hybridized carbons (Fsp3) is 0.364. The Morgan fingerprint density at radius 1 is 1.39 bits per heavy atom. The number of hydrogen-bond acceptors (Lipinski definition) is 4. The number of carbonyl (C=O) groups is 1. The number of anilines is 1. The third-order valence-corrected chi connectivity index (χ3v) is 5.77. The summed E-state index contributed by atoms with van der Waals surface area (Å²) in [6.07, 6.45) is 0. The van der Waals surface area contributed by atoms with Crippen molar-refractivity contribution < 1.29 is 13.2 Å². The third-order valence-electron chi connectivity index (χ3n) is 3.06. The largest absolute Gasteiger partial charge is 0.399 e. The minimum absolute atomic E-state index is 0.0749.